The Hall–Kier alpha value is -1.26. The standard InChI is InChI=1S/C17H30N2O2/c1-5-15(3)19(4)13-11-18-12-14-21-17-10-8-7-9-16(17)20-6-2/h7-10,15,18H,5-6,11-14H2,1-4H3. The molecule has 0 spiro atoms. The number of ether oxygens (including phenoxy) is 2. The van der Waals surface area contributed by atoms with Crippen molar-refractivity contribution in [3.63, 3.8) is 0 Å². The predicted molar refractivity (Wildman–Crippen MR) is 88.4 cm³/mol. The van der Waals surface area contributed by atoms with Crippen molar-refractivity contribution in [1.82, 2.24) is 10.2 Å². The average molecular weight is 294 g/mol. The molecular formula is C17H30N2O2. The molecule has 4 nitrogen and oxygen atoms in total. The highest BCUT2D eigenvalue weighted by Crippen LogP contribution is 2.25. The summed E-state index contributed by atoms with van der Waals surface area (Å²) < 4.78 is 11.3. The molecule has 1 atom stereocenters. The molecule has 0 saturated carbocycles. The minimum Gasteiger partial charge on any atom is -0.490 e. The molecule has 1 aromatic carbocycles. The second kappa shape index (κ2) is 10.5. The SMILES string of the molecule is CCOc1ccccc1OCCNCCN(C)C(C)CC. The minimum absolute atomic E-state index is 0.640. The maximum atomic E-state index is 5.76. The summed E-state index contributed by atoms with van der Waals surface area (Å²) >= 11 is 0. The lowest BCUT2D eigenvalue weighted by Crippen LogP contribution is -2.36. The summed E-state index contributed by atoms with van der Waals surface area (Å²) in [7, 11) is 2.17. The van der Waals surface area contributed by atoms with Crippen LogP contribution in [0.2, 0.25) is 0 Å². The number of likely N-dealkylation sites (N-methyl/N-ethyl adjacent to an activating group) is 1. The van der Waals surface area contributed by atoms with Crippen LogP contribution in [-0.4, -0.2) is 50.8 Å². The first-order chi connectivity index (χ1) is 10.2. The second-order valence-corrected chi connectivity index (χ2v) is 5.22. The Bertz CT molecular complexity index is 385. The Balaban J connectivity index is 2.17. The van der Waals surface area contributed by atoms with Crippen LogP contribution in [0.1, 0.15) is 27.2 Å². The van der Waals surface area contributed by atoms with Gasteiger partial charge in [-0.2, -0.15) is 0 Å². The van der Waals surface area contributed by atoms with Gasteiger partial charge in [-0.25, -0.2) is 0 Å². The molecule has 0 saturated heterocycles. The van der Waals surface area contributed by atoms with E-state index in [1.54, 1.807) is 0 Å². The fraction of sp³-hybridized carbons (Fsp3) is 0.647. The van der Waals surface area contributed by atoms with E-state index in [4.69, 9.17) is 9.47 Å². The van der Waals surface area contributed by atoms with E-state index in [-0.39, 0.29) is 0 Å². The molecule has 0 amide bonds. The van der Waals surface area contributed by atoms with Crippen LogP contribution >= 0.6 is 0 Å². The first-order valence-electron chi connectivity index (χ1n) is 7.94. The highest BCUT2D eigenvalue weighted by Gasteiger charge is 2.05. The zero-order valence-electron chi connectivity index (χ0n) is 13.9. The summed E-state index contributed by atoms with van der Waals surface area (Å²) in [6, 6.07) is 8.45. The lowest BCUT2D eigenvalue weighted by Gasteiger charge is -2.23. The van der Waals surface area contributed by atoms with Crippen LogP contribution in [0.4, 0.5) is 0 Å². The van der Waals surface area contributed by atoms with Gasteiger partial charge < -0.3 is 19.7 Å². The summed E-state index contributed by atoms with van der Waals surface area (Å²) in [6.45, 7) is 10.6. The summed E-state index contributed by atoms with van der Waals surface area (Å²) in [5.74, 6) is 1.63. The maximum Gasteiger partial charge on any atom is 0.161 e. The molecule has 0 bridgehead atoms. The van der Waals surface area contributed by atoms with E-state index in [2.05, 4.69) is 31.1 Å². The number of nitrogens with zero attached hydrogens (tertiary/aromatic N) is 1. The predicted octanol–water partition coefficient (Wildman–Crippen LogP) is 2.78. The third kappa shape index (κ3) is 6.82. The van der Waals surface area contributed by atoms with E-state index in [1.807, 2.05) is 31.2 Å². The smallest absolute Gasteiger partial charge is 0.161 e. The van der Waals surface area contributed by atoms with Crippen molar-refractivity contribution < 1.29 is 9.47 Å². The van der Waals surface area contributed by atoms with Crippen LogP contribution in [-0.2, 0) is 0 Å². The fourth-order valence-electron chi connectivity index (χ4n) is 1.99. The molecule has 120 valence electrons. The van der Waals surface area contributed by atoms with E-state index in [0.29, 0.717) is 19.3 Å². The van der Waals surface area contributed by atoms with E-state index >= 15 is 0 Å². The number of benzene rings is 1. The molecular weight excluding hydrogens is 264 g/mol. The van der Waals surface area contributed by atoms with Crippen molar-refractivity contribution in [3.05, 3.63) is 24.3 Å². The van der Waals surface area contributed by atoms with Crippen molar-refractivity contribution in [1.29, 1.82) is 0 Å². The zero-order valence-corrected chi connectivity index (χ0v) is 13.9. The molecule has 0 aliphatic heterocycles. The van der Waals surface area contributed by atoms with Crippen LogP contribution in [0.15, 0.2) is 24.3 Å². The molecule has 0 fully saturated rings. The zero-order chi connectivity index (χ0) is 15.5. The van der Waals surface area contributed by atoms with E-state index in [9.17, 15) is 0 Å². The summed E-state index contributed by atoms with van der Waals surface area (Å²) in [5.41, 5.74) is 0. The van der Waals surface area contributed by atoms with Gasteiger partial charge >= 0.3 is 0 Å². The van der Waals surface area contributed by atoms with Gasteiger partial charge in [0.1, 0.15) is 6.61 Å². The first-order valence-corrected chi connectivity index (χ1v) is 7.94. The molecule has 1 aromatic rings. The number of hydrogen-bond acceptors (Lipinski definition) is 4. The lowest BCUT2D eigenvalue weighted by molar-refractivity contribution is 0.244. The van der Waals surface area contributed by atoms with Crippen LogP contribution < -0.4 is 14.8 Å². The monoisotopic (exact) mass is 294 g/mol. The highest BCUT2D eigenvalue weighted by atomic mass is 16.5. The van der Waals surface area contributed by atoms with E-state index < -0.39 is 0 Å². The quantitative estimate of drug-likeness (QED) is 0.636. The Labute approximate surface area is 129 Å². The van der Waals surface area contributed by atoms with Crippen LogP contribution in [0.25, 0.3) is 0 Å². The maximum absolute atomic E-state index is 5.76. The third-order valence-corrected chi connectivity index (χ3v) is 3.67. The van der Waals surface area contributed by atoms with Crippen molar-refractivity contribution in [3.8, 4) is 11.5 Å². The molecule has 1 unspecified atom stereocenters. The number of para-hydroxylation sites is 2. The van der Waals surface area contributed by atoms with Crippen molar-refractivity contribution in [2.45, 2.75) is 33.2 Å². The average Bonchev–Trinajstić information content (AvgIpc) is 2.51. The Morgan fingerprint density at radius 2 is 1.76 bits per heavy atom. The molecule has 1 N–H and O–H groups in total. The number of nitrogens with one attached hydrogen (secondary N) is 1. The van der Waals surface area contributed by atoms with Crippen molar-refractivity contribution in [2.75, 3.05) is 39.9 Å². The van der Waals surface area contributed by atoms with Gasteiger partial charge in [0, 0.05) is 25.7 Å². The van der Waals surface area contributed by atoms with Crippen LogP contribution in [0.5, 0.6) is 11.5 Å². The van der Waals surface area contributed by atoms with Gasteiger partial charge in [-0.1, -0.05) is 19.1 Å². The molecule has 0 aliphatic carbocycles. The van der Waals surface area contributed by atoms with Crippen molar-refractivity contribution in [2.24, 2.45) is 0 Å². The van der Waals surface area contributed by atoms with Crippen molar-refractivity contribution >= 4 is 0 Å². The van der Waals surface area contributed by atoms with Gasteiger partial charge in [0.15, 0.2) is 11.5 Å². The molecule has 1 rings (SSSR count). The van der Waals surface area contributed by atoms with Gasteiger partial charge in [-0.15, -0.1) is 0 Å². The highest BCUT2D eigenvalue weighted by molar-refractivity contribution is 5.39. The Kier molecular flexibility index (Phi) is 8.87. The fourth-order valence-corrected chi connectivity index (χ4v) is 1.99. The number of hydrogen-bond donors (Lipinski definition) is 1. The third-order valence-electron chi connectivity index (χ3n) is 3.67. The normalized spacial score (nSPS) is 12.4. The van der Waals surface area contributed by atoms with Gasteiger partial charge in [-0.3, -0.25) is 0 Å². The molecule has 0 aromatic heterocycles. The largest absolute Gasteiger partial charge is 0.490 e. The molecule has 0 heterocycles. The van der Waals surface area contributed by atoms with E-state index in [1.165, 1.54) is 6.42 Å². The second-order valence-electron chi connectivity index (χ2n) is 5.22. The Morgan fingerprint density at radius 1 is 1.10 bits per heavy atom. The van der Waals surface area contributed by atoms with Crippen LogP contribution in [0.3, 0.4) is 0 Å². The van der Waals surface area contributed by atoms with Gasteiger partial charge in [0.05, 0.1) is 6.61 Å². The Morgan fingerprint density at radius 3 is 2.38 bits per heavy atom. The lowest BCUT2D eigenvalue weighted by atomic mass is 10.2. The summed E-state index contributed by atoms with van der Waals surface area (Å²) in [6.07, 6.45) is 1.19. The van der Waals surface area contributed by atoms with E-state index in [0.717, 1.165) is 31.1 Å². The molecule has 0 aliphatic rings. The first kappa shape index (κ1) is 17.8. The molecule has 4 heteroatoms. The van der Waals surface area contributed by atoms with Gasteiger partial charge in [0.25, 0.3) is 0 Å². The molecule has 21 heavy (non-hydrogen) atoms. The van der Waals surface area contributed by atoms with Crippen LogP contribution in [0, 0.1) is 0 Å². The topological polar surface area (TPSA) is 33.7 Å². The summed E-state index contributed by atoms with van der Waals surface area (Å²) in [5, 5.41) is 3.41. The van der Waals surface area contributed by atoms with Gasteiger partial charge in [-0.05, 0) is 39.4 Å². The summed E-state index contributed by atoms with van der Waals surface area (Å²) in [4.78, 5) is 2.37. The minimum atomic E-state index is 0.640. The van der Waals surface area contributed by atoms with Gasteiger partial charge in [0.2, 0.25) is 0 Å². The molecule has 0 radical (unpaired) electrons. The number of rotatable bonds is 11.